The van der Waals surface area contributed by atoms with Crippen LogP contribution in [0.1, 0.15) is 27.0 Å². The monoisotopic (exact) mass is 597 g/mol. The molecule has 4 aromatic carbocycles. The van der Waals surface area contributed by atoms with Crippen LogP contribution in [-0.4, -0.2) is 29.0 Å². The molecule has 4 aromatic rings. The number of carbonyl (C=O) groups excluding carboxylic acids is 1. The molecule has 0 aliphatic rings. The van der Waals surface area contributed by atoms with Gasteiger partial charge in [0.15, 0.2) is 0 Å². The van der Waals surface area contributed by atoms with Crippen LogP contribution < -0.4 is 14.3 Å². The molecule has 2 N–H and O–H groups in total. The van der Waals surface area contributed by atoms with Crippen LogP contribution in [0.5, 0.6) is 0 Å². The molecule has 0 aromatic heterocycles. The average Bonchev–Trinajstić information content (AvgIpc) is 2.90. The smallest absolute Gasteiger partial charge is 0.261 e. The Morgan fingerprint density at radius 1 is 0.800 bits per heavy atom. The summed E-state index contributed by atoms with van der Waals surface area (Å²) >= 11 is 5.93. The Morgan fingerprint density at radius 3 is 1.93 bits per heavy atom. The summed E-state index contributed by atoms with van der Waals surface area (Å²) in [5.41, 5.74) is 4.01. The first-order chi connectivity index (χ1) is 18.8. The van der Waals surface area contributed by atoms with E-state index in [1.807, 2.05) is 32.0 Å². The zero-order valence-corrected chi connectivity index (χ0v) is 24.4. The van der Waals surface area contributed by atoms with Gasteiger partial charge in [-0.15, -0.1) is 0 Å². The van der Waals surface area contributed by atoms with Crippen LogP contribution in [0.2, 0.25) is 5.02 Å². The van der Waals surface area contributed by atoms with E-state index in [0.717, 1.165) is 22.9 Å². The van der Waals surface area contributed by atoms with E-state index < -0.39 is 26.0 Å². The van der Waals surface area contributed by atoms with E-state index >= 15 is 0 Å². The zero-order valence-electron chi connectivity index (χ0n) is 22.1. The minimum atomic E-state index is -3.83. The Hall–Kier alpha value is -3.86. The highest BCUT2D eigenvalue weighted by Crippen LogP contribution is 2.25. The number of halogens is 1. The van der Waals surface area contributed by atoms with Crippen LogP contribution in [0.4, 0.5) is 17.1 Å². The number of amides is 1. The molecule has 0 heterocycles. The van der Waals surface area contributed by atoms with Crippen LogP contribution in [0.25, 0.3) is 0 Å². The number of hydrogen-bond acceptors (Lipinski definition) is 5. The maximum absolute atomic E-state index is 12.9. The molecule has 40 heavy (non-hydrogen) atoms. The highest BCUT2D eigenvalue weighted by molar-refractivity contribution is 7.92. The van der Waals surface area contributed by atoms with E-state index in [9.17, 15) is 21.6 Å². The van der Waals surface area contributed by atoms with Crippen molar-refractivity contribution in [2.45, 2.75) is 25.3 Å². The number of anilines is 3. The van der Waals surface area contributed by atoms with Gasteiger partial charge in [0.25, 0.3) is 15.9 Å². The third-order valence-electron chi connectivity index (χ3n) is 6.20. The van der Waals surface area contributed by atoms with E-state index in [2.05, 4.69) is 10.0 Å². The van der Waals surface area contributed by atoms with E-state index in [0.29, 0.717) is 27.6 Å². The molecule has 0 fully saturated rings. The topological polar surface area (TPSA) is 113 Å². The second-order valence-corrected chi connectivity index (χ2v) is 13.3. The Kier molecular flexibility index (Phi) is 8.53. The number of aryl methyl sites for hydroxylation is 2. The third kappa shape index (κ3) is 7.01. The molecule has 0 aliphatic carbocycles. The molecular weight excluding hydrogens is 570 g/mol. The Balaban J connectivity index is 1.46. The maximum atomic E-state index is 12.9. The second kappa shape index (κ2) is 11.7. The minimum Gasteiger partial charge on any atom is -0.322 e. The van der Waals surface area contributed by atoms with Gasteiger partial charge in [0.1, 0.15) is 0 Å². The summed E-state index contributed by atoms with van der Waals surface area (Å²) in [6.07, 6.45) is 1.12. The van der Waals surface area contributed by atoms with E-state index in [4.69, 9.17) is 11.6 Å². The van der Waals surface area contributed by atoms with Gasteiger partial charge in [-0.2, -0.15) is 0 Å². The fourth-order valence-corrected chi connectivity index (χ4v) is 6.24. The van der Waals surface area contributed by atoms with Gasteiger partial charge in [-0.25, -0.2) is 16.8 Å². The summed E-state index contributed by atoms with van der Waals surface area (Å²) in [5, 5.41) is 3.28. The maximum Gasteiger partial charge on any atom is 0.261 e. The van der Waals surface area contributed by atoms with Gasteiger partial charge in [-0.05, 0) is 91.2 Å². The SMILES string of the molecule is Cc1cccc(C)c1NS(=O)(=O)c1ccc(NC(=O)c2ccc(N(Cc3ccc(Cl)cc3)S(C)(=O)=O)cc2)cc1. The molecule has 11 heteroatoms. The standard InChI is InChI=1S/C29H28ClN3O5S2/c1-20-5-4-6-21(2)28(20)32-40(37,38)27-17-13-25(14-18-27)31-29(34)23-9-15-26(16-10-23)33(39(3,35)36)19-22-7-11-24(30)12-8-22/h4-18,32H,19H2,1-3H3,(H,31,34). The van der Waals surface area contributed by atoms with Gasteiger partial charge >= 0.3 is 0 Å². The van der Waals surface area contributed by atoms with Crippen molar-refractivity contribution in [3.8, 4) is 0 Å². The number of carbonyl (C=O) groups is 1. The van der Waals surface area contributed by atoms with Crippen LogP contribution in [-0.2, 0) is 26.6 Å². The summed E-state index contributed by atoms with van der Waals surface area (Å²) < 4.78 is 54.6. The van der Waals surface area contributed by atoms with Gasteiger partial charge in [0.2, 0.25) is 10.0 Å². The summed E-state index contributed by atoms with van der Waals surface area (Å²) in [6, 6.07) is 24.4. The highest BCUT2D eigenvalue weighted by atomic mass is 35.5. The van der Waals surface area contributed by atoms with Crippen LogP contribution >= 0.6 is 11.6 Å². The van der Waals surface area contributed by atoms with Crippen molar-refractivity contribution in [3.63, 3.8) is 0 Å². The lowest BCUT2D eigenvalue weighted by Crippen LogP contribution is -2.29. The molecule has 1 amide bonds. The first-order valence-electron chi connectivity index (χ1n) is 12.2. The van der Waals surface area contributed by atoms with Crippen molar-refractivity contribution in [1.29, 1.82) is 0 Å². The summed E-state index contributed by atoms with van der Waals surface area (Å²) in [6.45, 7) is 3.76. The lowest BCUT2D eigenvalue weighted by atomic mass is 10.1. The molecule has 0 atom stereocenters. The number of sulfonamides is 2. The van der Waals surface area contributed by atoms with Crippen molar-refractivity contribution in [2.24, 2.45) is 0 Å². The number of para-hydroxylation sites is 1. The molecule has 0 radical (unpaired) electrons. The lowest BCUT2D eigenvalue weighted by Gasteiger charge is -2.23. The lowest BCUT2D eigenvalue weighted by molar-refractivity contribution is 0.102. The predicted octanol–water partition coefficient (Wildman–Crippen LogP) is 5.98. The van der Waals surface area contributed by atoms with E-state index in [-0.39, 0.29) is 11.4 Å². The molecule has 8 nitrogen and oxygen atoms in total. The summed E-state index contributed by atoms with van der Waals surface area (Å²) in [7, 11) is -7.43. The molecule has 0 saturated carbocycles. The minimum absolute atomic E-state index is 0.0547. The molecular formula is C29H28ClN3O5S2. The van der Waals surface area contributed by atoms with Crippen LogP contribution in [0, 0.1) is 13.8 Å². The van der Waals surface area contributed by atoms with Crippen molar-refractivity contribution in [2.75, 3.05) is 20.6 Å². The van der Waals surface area contributed by atoms with Crippen LogP contribution in [0.15, 0.2) is 95.9 Å². The zero-order chi connectivity index (χ0) is 29.1. The van der Waals surface area contributed by atoms with E-state index in [1.165, 1.54) is 40.7 Å². The molecule has 0 saturated heterocycles. The Bertz CT molecular complexity index is 1720. The van der Waals surface area contributed by atoms with Crippen molar-refractivity contribution >= 4 is 54.6 Å². The largest absolute Gasteiger partial charge is 0.322 e. The number of rotatable bonds is 9. The molecule has 208 valence electrons. The van der Waals surface area contributed by atoms with Gasteiger partial charge in [0, 0.05) is 16.3 Å². The van der Waals surface area contributed by atoms with E-state index in [1.54, 1.807) is 36.4 Å². The second-order valence-electron chi connectivity index (χ2n) is 9.29. The molecule has 0 unspecified atom stereocenters. The predicted molar refractivity (Wildman–Crippen MR) is 160 cm³/mol. The number of hydrogen-bond donors (Lipinski definition) is 2. The average molecular weight is 598 g/mol. The van der Waals surface area contributed by atoms with Crippen molar-refractivity contribution < 1.29 is 21.6 Å². The fraction of sp³-hybridized carbons (Fsp3) is 0.138. The first kappa shape index (κ1) is 29.1. The summed E-state index contributed by atoms with van der Waals surface area (Å²) in [4.78, 5) is 12.9. The van der Waals surface area contributed by atoms with Gasteiger partial charge in [-0.3, -0.25) is 13.8 Å². The molecule has 0 spiro atoms. The van der Waals surface area contributed by atoms with Gasteiger partial charge < -0.3 is 5.32 Å². The summed E-state index contributed by atoms with van der Waals surface area (Å²) in [5.74, 6) is -0.431. The van der Waals surface area contributed by atoms with Crippen LogP contribution in [0.3, 0.4) is 0 Å². The fourth-order valence-electron chi connectivity index (χ4n) is 4.02. The van der Waals surface area contributed by atoms with Crippen molar-refractivity contribution in [3.05, 3.63) is 118 Å². The molecule has 0 aliphatic heterocycles. The van der Waals surface area contributed by atoms with Gasteiger partial charge in [-0.1, -0.05) is 41.9 Å². The van der Waals surface area contributed by atoms with Crippen molar-refractivity contribution in [1.82, 2.24) is 0 Å². The number of nitrogens with zero attached hydrogens (tertiary/aromatic N) is 1. The van der Waals surface area contributed by atoms with Gasteiger partial charge in [0.05, 0.1) is 29.1 Å². The number of nitrogens with one attached hydrogen (secondary N) is 2. The molecule has 4 rings (SSSR count). The third-order valence-corrected chi connectivity index (χ3v) is 8.96. The normalized spacial score (nSPS) is 11.6. The quantitative estimate of drug-likeness (QED) is 0.247. The Morgan fingerprint density at radius 2 is 1.38 bits per heavy atom. The Labute approximate surface area is 239 Å². The molecule has 0 bridgehead atoms. The highest BCUT2D eigenvalue weighted by Gasteiger charge is 2.19. The first-order valence-corrected chi connectivity index (χ1v) is 15.9. The number of benzene rings is 4.